The van der Waals surface area contributed by atoms with Gasteiger partial charge in [-0.1, -0.05) is 36.9 Å². The van der Waals surface area contributed by atoms with Crippen LogP contribution in [0.4, 0.5) is 5.69 Å². The predicted octanol–water partition coefficient (Wildman–Crippen LogP) is 8.09. The molecule has 2 fully saturated rings. The summed E-state index contributed by atoms with van der Waals surface area (Å²) >= 11 is 10.2. The van der Waals surface area contributed by atoms with Gasteiger partial charge < -0.3 is 9.80 Å². The normalized spacial score (nSPS) is 23.2. The van der Waals surface area contributed by atoms with Crippen molar-refractivity contribution in [2.24, 2.45) is 5.92 Å². The molecule has 1 aliphatic carbocycles. The maximum atomic E-state index is 6.29. The second-order valence-electron chi connectivity index (χ2n) is 12.8. The fourth-order valence-corrected chi connectivity index (χ4v) is 8.95. The number of rotatable bonds is 7. The molecule has 3 aliphatic rings. The van der Waals surface area contributed by atoms with Gasteiger partial charge in [-0.05, 0) is 124 Å². The third-order valence-corrected chi connectivity index (χ3v) is 11.9. The zero-order valence-corrected chi connectivity index (χ0v) is 28.5. The summed E-state index contributed by atoms with van der Waals surface area (Å²) < 4.78 is 7.93. The van der Waals surface area contributed by atoms with Gasteiger partial charge in [-0.3, -0.25) is 0 Å². The van der Waals surface area contributed by atoms with Gasteiger partial charge in [-0.15, -0.1) is 0 Å². The maximum Gasteiger partial charge on any atom is 0.0408 e. The van der Waals surface area contributed by atoms with E-state index in [1.807, 2.05) is 24.1 Å². The van der Waals surface area contributed by atoms with Crippen molar-refractivity contribution in [1.29, 1.82) is 0 Å². The van der Waals surface area contributed by atoms with Crippen molar-refractivity contribution in [3.05, 3.63) is 58.6 Å². The van der Waals surface area contributed by atoms with Crippen molar-refractivity contribution in [2.45, 2.75) is 82.2 Å². The van der Waals surface area contributed by atoms with Crippen molar-refractivity contribution >= 4 is 41.4 Å². The van der Waals surface area contributed by atoms with Crippen LogP contribution in [0.15, 0.2) is 47.4 Å². The van der Waals surface area contributed by atoms with Gasteiger partial charge in [0.15, 0.2) is 0 Å². The largest absolute Gasteiger partial charge is 0.378 e. The third kappa shape index (κ3) is 9.79. The van der Waals surface area contributed by atoms with Gasteiger partial charge in [-0.25, -0.2) is 12.9 Å². The van der Waals surface area contributed by atoms with Crippen LogP contribution in [-0.4, -0.2) is 83.8 Å². The topological polar surface area (TPSA) is 16.2 Å². The lowest BCUT2D eigenvalue weighted by molar-refractivity contribution is 0.182. The molecule has 2 aliphatic heterocycles. The highest BCUT2D eigenvalue weighted by atomic mass is 35.5. The number of fused-ring (bicyclic) bond motifs is 1. The molecule has 1 saturated heterocycles. The SMILES string of the molecule is CC1CCN(Sc2ccc(N(C)C)cc2)CCCN(CC2CCCCC2)CCCN1SN1CCc2cc(Cl)ccc2C1. The molecule has 0 aromatic heterocycles. The number of benzene rings is 2. The molecule has 42 heavy (non-hydrogen) atoms. The Balaban J connectivity index is 1.25. The minimum absolute atomic E-state index is 0.520. The highest BCUT2D eigenvalue weighted by Gasteiger charge is 2.25. The Morgan fingerprint density at radius 2 is 1.55 bits per heavy atom. The van der Waals surface area contributed by atoms with Crippen LogP contribution in [-0.2, 0) is 13.0 Å². The van der Waals surface area contributed by atoms with E-state index in [9.17, 15) is 0 Å². The predicted molar refractivity (Wildman–Crippen MR) is 184 cm³/mol. The Morgan fingerprint density at radius 3 is 2.31 bits per heavy atom. The maximum absolute atomic E-state index is 6.29. The quantitative estimate of drug-likeness (QED) is 0.284. The van der Waals surface area contributed by atoms with E-state index in [0.29, 0.717) is 6.04 Å². The van der Waals surface area contributed by atoms with E-state index < -0.39 is 0 Å². The summed E-state index contributed by atoms with van der Waals surface area (Å²) in [6.45, 7) is 11.7. The van der Waals surface area contributed by atoms with Gasteiger partial charge in [-0.2, -0.15) is 0 Å². The van der Waals surface area contributed by atoms with Gasteiger partial charge in [0.25, 0.3) is 0 Å². The van der Waals surface area contributed by atoms with E-state index in [2.05, 4.69) is 86.2 Å². The van der Waals surface area contributed by atoms with Crippen LogP contribution in [0.25, 0.3) is 0 Å². The summed E-state index contributed by atoms with van der Waals surface area (Å²) in [5.74, 6) is 0.902. The van der Waals surface area contributed by atoms with Crippen molar-refractivity contribution in [1.82, 2.24) is 17.8 Å². The first-order valence-electron chi connectivity index (χ1n) is 16.3. The summed E-state index contributed by atoms with van der Waals surface area (Å²) in [6.07, 6.45) is 11.9. The van der Waals surface area contributed by atoms with E-state index in [4.69, 9.17) is 11.6 Å². The van der Waals surface area contributed by atoms with Crippen LogP contribution < -0.4 is 4.90 Å². The number of halogens is 1. The third-order valence-electron chi connectivity index (χ3n) is 9.22. The molecule has 1 unspecified atom stereocenters. The van der Waals surface area contributed by atoms with Crippen LogP contribution in [0, 0.1) is 5.92 Å². The molecule has 1 saturated carbocycles. The van der Waals surface area contributed by atoms with Crippen LogP contribution in [0.2, 0.25) is 5.02 Å². The summed E-state index contributed by atoms with van der Waals surface area (Å²) in [5, 5.41) is 0.861. The van der Waals surface area contributed by atoms with Crippen molar-refractivity contribution in [3.63, 3.8) is 0 Å². The molecule has 0 radical (unpaired) electrons. The Bertz CT molecular complexity index is 1090. The van der Waals surface area contributed by atoms with Crippen LogP contribution in [0.1, 0.15) is 69.4 Å². The first-order valence-corrected chi connectivity index (χ1v) is 18.2. The molecule has 1 atom stereocenters. The van der Waals surface area contributed by atoms with Gasteiger partial charge in [0.1, 0.15) is 0 Å². The van der Waals surface area contributed by atoms with Crippen molar-refractivity contribution in [3.8, 4) is 0 Å². The molecule has 2 heterocycles. The molecule has 2 aromatic rings. The molecule has 0 amide bonds. The first kappa shape index (κ1) is 32.5. The molecule has 0 bridgehead atoms. The Labute approximate surface area is 269 Å². The fraction of sp³-hybridized carbons (Fsp3) is 0.647. The fourth-order valence-electron chi connectivity index (χ4n) is 6.64. The smallest absolute Gasteiger partial charge is 0.0408 e. The average Bonchev–Trinajstić information content (AvgIpc) is 2.99. The molecular weight excluding hydrogens is 578 g/mol. The van der Waals surface area contributed by atoms with Gasteiger partial charge in [0, 0.05) is 87.1 Å². The summed E-state index contributed by atoms with van der Waals surface area (Å²) in [5.41, 5.74) is 4.11. The highest BCUT2D eigenvalue weighted by molar-refractivity contribution is 7.97. The number of hydrogen-bond acceptors (Lipinski definition) is 7. The number of nitrogens with zero attached hydrogens (tertiary/aromatic N) is 5. The van der Waals surface area contributed by atoms with E-state index in [0.717, 1.165) is 50.1 Å². The molecule has 2 aromatic carbocycles. The minimum Gasteiger partial charge on any atom is -0.378 e. The lowest BCUT2D eigenvalue weighted by atomic mass is 9.89. The summed E-state index contributed by atoms with van der Waals surface area (Å²) in [7, 11) is 4.22. The van der Waals surface area contributed by atoms with E-state index in [1.165, 1.54) is 92.7 Å². The second kappa shape index (κ2) is 16.4. The Hall–Kier alpha value is -0.930. The van der Waals surface area contributed by atoms with Crippen molar-refractivity contribution < 1.29 is 0 Å². The summed E-state index contributed by atoms with van der Waals surface area (Å²) in [4.78, 5) is 6.34. The van der Waals surface area contributed by atoms with Gasteiger partial charge >= 0.3 is 0 Å². The zero-order valence-electron chi connectivity index (χ0n) is 26.1. The summed E-state index contributed by atoms with van der Waals surface area (Å²) in [6, 6.07) is 16.0. The van der Waals surface area contributed by atoms with Gasteiger partial charge in [0.2, 0.25) is 0 Å². The van der Waals surface area contributed by atoms with E-state index >= 15 is 0 Å². The highest BCUT2D eigenvalue weighted by Crippen LogP contribution is 2.32. The first-order chi connectivity index (χ1) is 20.4. The number of anilines is 1. The van der Waals surface area contributed by atoms with Gasteiger partial charge in [0.05, 0.1) is 0 Å². The Kier molecular flexibility index (Phi) is 12.7. The lowest BCUT2D eigenvalue weighted by Crippen LogP contribution is -2.40. The minimum atomic E-state index is 0.520. The molecular formula is C34H52ClN5S2. The molecule has 5 nitrogen and oxygen atoms in total. The monoisotopic (exact) mass is 629 g/mol. The van der Waals surface area contributed by atoms with E-state index in [-0.39, 0.29) is 0 Å². The standard InChI is InChI=1S/C34H52ClN5S2/c1-28-17-23-38(41-34-15-13-33(14-16-34)36(2)3)21-7-19-37(26-29-9-5-4-6-10-29)20-8-22-40(28)42-39-24-18-30-25-32(35)12-11-31(30)27-39/h11-16,25,28-29H,4-10,17-24,26-27H2,1-3H3. The molecule has 0 spiro atoms. The van der Waals surface area contributed by atoms with E-state index in [1.54, 1.807) is 0 Å². The Morgan fingerprint density at radius 1 is 0.786 bits per heavy atom. The van der Waals surface area contributed by atoms with Crippen LogP contribution >= 0.6 is 35.7 Å². The molecule has 0 N–H and O–H groups in total. The molecule has 232 valence electrons. The molecule has 8 heteroatoms. The zero-order chi connectivity index (χ0) is 29.3. The van der Waals surface area contributed by atoms with Crippen molar-refractivity contribution in [2.75, 3.05) is 64.8 Å². The lowest BCUT2D eigenvalue weighted by Gasteiger charge is -2.37. The van der Waals surface area contributed by atoms with Crippen LogP contribution in [0.5, 0.6) is 0 Å². The van der Waals surface area contributed by atoms with Crippen LogP contribution in [0.3, 0.4) is 0 Å². The number of hydrogen-bond donors (Lipinski definition) is 0. The molecule has 5 rings (SSSR count). The second-order valence-corrected chi connectivity index (χ2v) is 15.6. The average molecular weight is 630 g/mol.